The molecule has 12 heteroatoms. The van der Waals surface area contributed by atoms with Crippen LogP contribution in [0.25, 0.3) is 0 Å². The van der Waals surface area contributed by atoms with E-state index >= 15 is 0 Å². The number of halogens is 6. The van der Waals surface area contributed by atoms with Crippen LogP contribution in [0, 0.1) is 10.1 Å². The molecule has 6 nitrogen and oxygen atoms in total. The van der Waals surface area contributed by atoms with Crippen molar-refractivity contribution >= 4 is 11.5 Å². The number of piperidine rings is 1. The fourth-order valence-electron chi connectivity index (χ4n) is 4.42. The first-order valence-corrected chi connectivity index (χ1v) is 9.77. The quantitative estimate of drug-likeness (QED) is 0.337. The zero-order chi connectivity index (χ0) is 23.3. The zero-order valence-electron chi connectivity index (χ0n) is 16.4. The minimum Gasteiger partial charge on any atom is -0.483 e. The number of pyridine rings is 1. The Morgan fingerprint density at radius 1 is 0.969 bits per heavy atom. The van der Waals surface area contributed by atoms with Crippen molar-refractivity contribution in [3.05, 3.63) is 57.8 Å². The second kappa shape index (κ2) is 7.82. The highest BCUT2D eigenvalue weighted by Crippen LogP contribution is 2.42. The lowest BCUT2D eigenvalue weighted by molar-refractivity contribution is -0.386. The number of aromatic nitrogens is 1. The Bertz CT molecular complexity index is 995. The Kier molecular flexibility index (Phi) is 5.41. The number of ether oxygens (including phenoxy) is 1. The first-order chi connectivity index (χ1) is 14.9. The monoisotopic (exact) mass is 461 g/mol. The maximum absolute atomic E-state index is 12.9. The van der Waals surface area contributed by atoms with E-state index in [1.807, 2.05) is 4.90 Å². The lowest BCUT2D eigenvalue weighted by atomic mass is 9.99. The molecular formula is C20H17F6N3O3. The van der Waals surface area contributed by atoms with Crippen LogP contribution >= 0.6 is 0 Å². The first-order valence-electron chi connectivity index (χ1n) is 9.77. The number of anilines is 1. The van der Waals surface area contributed by atoms with Crippen LogP contribution in [-0.2, 0) is 12.4 Å². The summed E-state index contributed by atoms with van der Waals surface area (Å²) in [5.74, 6) is 0.165. The molecule has 2 bridgehead atoms. The van der Waals surface area contributed by atoms with Crippen molar-refractivity contribution in [3.63, 3.8) is 0 Å². The highest BCUT2D eigenvalue weighted by Gasteiger charge is 2.43. The van der Waals surface area contributed by atoms with Crippen LogP contribution < -0.4 is 9.64 Å². The molecule has 172 valence electrons. The third-order valence-corrected chi connectivity index (χ3v) is 5.81. The van der Waals surface area contributed by atoms with Gasteiger partial charge in [-0.2, -0.15) is 26.3 Å². The fraction of sp³-hybridized carbons (Fsp3) is 0.450. The maximum atomic E-state index is 12.9. The summed E-state index contributed by atoms with van der Waals surface area (Å²) < 4.78 is 82.8. The van der Waals surface area contributed by atoms with Crippen LogP contribution in [0.2, 0.25) is 0 Å². The van der Waals surface area contributed by atoms with Gasteiger partial charge in [-0.3, -0.25) is 10.1 Å². The van der Waals surface area contributed by atoms with Crippen molar-refractivity contribution in [2.45, 2.75) is 56.2 Å². The van der Waals surface area contributed by atoms with Gasteiger partial charge in [-0.25, -0.2) is 4.98 Å². The number of alkyl halides is 6. The van der Waals surface area contributed by atoms with Gasteiger partial charge >= 0.3 is 18.0 Å². The summed E-state index contributed by atoms with van der Waals surface area (Å²) in [6, 6.07) is 4.22. The molecule has 1 unspecified atom stereocenters. The van der Waals surface area contributed by atoms with E-state index in [4.69, 9.17) is 4.74 Å². The minimum absolute atomic E-state index is 0.100. The van der Waals surface area contributed by atoms with Gasteiger partial charge in [-0.1, -0.05) is 0 Å². The second-order valence-corrected chi connectivity index (χ2v) is 7.84. The predicted octanol–water partition coefficient (Wildman–Crippen LogP) is 5.61. The van der Waals surface area contributed by atoms with Crippen molar-refractivity contribution in [2.24, 2.45) is 0 Å². The number of nitrogens with zero attached hydrogens (tertiary/aromatic N) is 3. The molecule has 2 aliphatic heterocycles. The number of nitro benzene ring substituents is 1. The normalized spacial score (nSPS) is 23.3. The Hall–Kier alpha value is -3.05. The van der Waals surface area contributed by atoms with E-state index in [2.05, 4.69) is 4.98 Å². The van der Waals surface area contributed by atoms with E-state index in [1.165, 1.54) is 6.07 Å². The average molecular weight is 461 g/mol. The van der Waals surface area contributed by atoms with E-state index in [0.717, 1.165) is 37.2 Å². The van der Waals surface area contributed by atoms with Gasteiger partial charge < -0.3 is 9.64 Å². The molecule has 0 radical (unpaired) electrons. The van der Waals surface area contributed by atoms with Crippen molar-refractivity contribution in [2.75, 3.05) is 4.90 Å². The molecular weight excluding hydrogens is 444 g/mol. The largest absolute Gasteiger partial charge is 0.483 e. The minimum atomic E-state index is -4.72. The number of benzene rings is 1. The molecule has 2 aliphatic rings. The third-order valence-electron chi connectivity index (χ3n) is 5.81. The number of fused-ring (bicyclic) bond motifs is 2. The summed E-state index contributed by atoms with van der Waals surface area (Å²) in [7, 11) is 0. The van der Waals surface area contributed by atoms with Gasteiger partial charge in [0.1, 0.15) is 11.9 Å². The molecule has 0 amide bonds. The van der Waals surface area contributed by atoms with Gasteiger partial charge in [0.05, 0.1) is 16.1 Å². The van der Waals surface area contributed by atoms with Crippen LogP contribution in [0.5, 0.6) is 5.75 Å². The summed E-state index contributed by atoms with van der Waals surface area (Å²) in [5.41, 5.74) is -2.75. The van der Waals surface area contributed by atoms with Crippen molar-refractivity contribution in [1.29, 1.82) is 0 Å². The molecule has 2 fully saturated rings. The molecule has 4 rings (SSSR count). The summed E-state index contributed by atoms with van der Waals surface area (Å²) in [6.07, 6.45) is -6.60. The smallest absolute Gasteiger partial charge is 0.417 e. The van der Waals surface area contributed by atoms with Gasteiger partial charge in [-0.05, 0) is 37.1 Å². The average Bonchev–Trinajstić information content (AvgIpc) is 2.97. The molecule has 32 heavy (non-hydrogen) atoms. The van der Waals surface area contributed by atoms with Crippen molar-refractivity contribution < 1.29 is 36.0 Å². The van der Waals surface area contributed by atoms with Crippen molar-refractivity contribution in [3.8, 4) is 5.75 Å². The lowest BCUT2D eigenvalue weighted by Gasteiger charge is -2.39. The van der Waals surface area contributed by atoms with Crippen LogP contribution in [0.1, 0.15) is 36.8 Å². The Morgan fingerprint density at radius 3 is 2.06 bits per heavy atom. The van der Waals surface area contributed by atoms with Crippen molar-refractivity contribution in [1.82, 2.24) is 4.98 Å². The van der Waals surface area contributed by atoms with E-state index in [9.17, 15) is 36.5 Å². The Balaban J connectivity index is 1.50. The van der Waals surface area contributed by atoms with E-state index in [-0.39, 0.29) is 17.8 Å². The zero-order valence-corrected chi connectivity index (χ0v) is 16.4. The molecule has 0 aliphatic carbocycles. The van der Waals surface area contributed by atoms with E-state index < -0.39 is 40.2 Å². The molecule has 2 aromatic rings. The van der Waals surface area contributed by atoms with Gasteiger partial charge in [-0.15, -0.1) is 0 Å². The Morgan fingerprint density at radius 2 is 1.56 bits per heavy atom. The Labute approximate surface area is 178 Å². The summed E-state index contributed by atoms with van der Waals surface area (Å²) in [4.78, 5) is 16.3. The third kappa shape index (κ3) is 4.30. The summed E-state index contributed by atoms with van der Waals surface area (Å²) in [6.45, 7) is 0. The number of hydrogen-bond donors (Lipinski definition) is 0. The molecule has 0 N–H and O–H groups in total. The molecule has 3 heterocycles. The second-order valence-electron chi connectivity index (χ2n) is 7.84. The van der Waals surface area contributed by atoms with Gasteiger partial charge in [0, 0.05) is 37.2 Å². The van der Waals surface area contributed by atoms with Crippen LogP contribution in [-0.4, -0.2) is 28.1 Å². The summed E-state index contributed by atoms with van der Waals surface area (Å²) in [5, 5.41) is 11.3. The standard InChI is InChI=1S/C20H17F6N3O3/c21-19(22,23)11-1-5-17(16(7-11)29(30)31)32-15-8-13-3-4-14(9-15)28(13)18-6-2-12(10-27-18)20(24,25)26/h1-2,5-7,10,13-15H,3-4,8-9H2/t13-,14+,15?. The fourth-order valence-corrected chi connectivity index (χ4v) is 4.42. The topological polar surface area (TPSA) is 68.5 Å². The van der Waals surface area contributed by atoms with E-state index in [1.54, 1.807) is 0 Å². The maximum Gasteiger partial charge on any atom is 0.417 e. The van der Waals surface area contributed by atoms with Gasteiger partial charge in [0.25, 0.3) is 0 Å². The van der Waals surface area contributed by atoms with Crippen LogP contribution in [0.4, 0.5) is 37.8 Å². The predicted molar refractivity (Wildman–Crippen MR) is 100 cm³/mol. The number of rotatable bonds is 4. The lowest BCUT2D eigenvalue weighted by Crippen LogP contribution is -2.46. The molecule has 1 aromatic heterocycles. The molecule has 0 spiro atoms. The molecule has 1 aromatic carbocycles. The SMILES string of the molecule is O=[N+]([O-])c1cc(C(F)(F)F)ccc1OC1C[C@H]2CC[C@@H](C1)N2c1ccc(C(F)(F)F)cn1. The van der Waals surface area contributed by atoms with Crippen LogP contribution in [0.3, 0.4) is 0 Å². The molecule has 3 atom stereocenters. The molecule has 2 saturated heterocycles. The number of hydrogen-bond acceptors (Lipinski definition) is 5. The molecule has 0 saturated carbocycles. The van der Waals surface area contributed by atoms with Crippen LogP contribution in [0.15, 0.2) is 36.5 Å². The van der Waals surface area contributed by atoms with E-state index in [0.29, 0.717) is 24.7 Å². The first kappa shape index (κ1) is 22.2. The van der Waals surface area contributed by atoms with Gasteiger partial charge in [0.15, 0.2) is 5.75 Å². The number of nitro groups is 1. The summed E-state index contributed by atoms with van der Waals surface area (Å²) >= 11 is 0. The highest BCUT2D eigenvalue weighted by atomic mass is 19.4. The highest BCUT2D eigenvalue weighted by molar-refractivity contribution is 5.50. The van der Waals surface area contributed by atoms with Gasteiger partial charge in [0.2, 0.25) is 0 Å².